The number of hydrogen-bond donors (Lipinski definition) is 0. The summed E-state index contributed by atoms with van der Waals surface area (Å²) < 4.78 is 0. The smallest absolute Gasteiger partial charge is 0.237 e. The maximum Gasteiger partial charge on any atom is 0.237 e. The third-order valence-electron chi connectivity index (χ3n) is 4.50. The summed E-state index contributed by atoms with van der Waals surface area (Å²) in [6.45, 7) is 4.55. The fraction of sp³-hybridized carbons (Fsp3) is 0.533. The fourth-order valence-electron chi connectivity index (χ4n) is 3.67. The molecule has 2 heteroatoms. The molecule has 1 saturated carbocycles. The first kappa shape index (κ1) is 10.8. The van der Waals surface area contributed by atoms with Gasteiger partial charge in [-0.25, -0.2) is 0 Å². The van der Waals surface area contributed by atoms with Crippen LogP contribution in [0.1, 0.15) is 38.7 Å². The molecule has 0 saturated heterocycles. The Labute approximate surface area is 103 Å². The largest absolute Gasteiger partial charge is 0.314 e. The van der Waals surface area contributed by atoms with Crippen LogP contribution in [0, 0.1) is 5.41 Å². The van der Waals surface area contributed by atoms with Gasteiger partial charge in [-0.2, -0.15) is 0 Å². The minimum Gasteiger partial charge on any atom is -0.314 e. The predicted molar refractivity (Wildman–Crippen MR) is 69.2 cm³/mol. The van der Waals surface area contributed by atoms with Gasteiger partial charge in [0.1, 0.15) is 0 Å². The van der Waals surface area contributed by atoms with Crippen molar-refractivity contribution in [3.05, 3.63) is 29.8 Å². The van der Waals surface area contributed by atoms with Crippen LogP contribution in [0.15, 0.2) is 24.3 Å². The summed E-state index contributed by atoms with van der Waals surface area (Å²) in [6.07, 6.45) is 3.13. The van der Waals surface area contributed by atoms with E-state index >= 15 is 0 Å². The van der Waals surface area contributed by atoms with Gasteiger partial charge in [0, 0.05) is 12.7 Å². The van der Waals surface area contributed by atoms with Crippen LogP contribution in [-0.2, 0) is 10.2 Å². The predicted octanol–water partition coefficient (Wildman–Crippen LogP) is 3.11. The van der Waals surface area contributed by atoms with E-state index in [4.69, 9.17) is 0 Å². The zero-order valence-corrected chi connectivity index (χ0v) is 10.8. The number of likely N-dealkylation sites (N-methyl/N-ethyl adjacent to an activating group) is 1. The second kappa shape index (κ2) is 3.12. The summed E-state index contributed by atoms with van der Waals surface area (Å²) in [4.78, 5) is 14.4. The molecule has 2 nitrogen and oxygen atoms in total. The van der Waals surface area contributed by atoms with Gasteiger partial charge in [-0.3, -0.25) is 4.79 Å². The maximum atomic E-state index is 12.6. The Hall–Kier alpha value is -1.31. The van der Waals surface area contributed by atoms with Gasteiger partial charge in [0.25, 0.3) is 0 Å². The third-order valence-corrected chi connectivity index (χ3v) is 4.50. The van der Waals surface area contributed by atoms with Gasteiger partial charge < -0.3 is 4.90 Å². The zero-order valence-electron chi connectivity index (χ0n) is 10.8. The van der Waals surface area contributed by atoms with Crippen molar-refractivity contribution < 1.29 is 4.79 Å². The molecule has 3 rings (SSSR count). The minimum atomic E-state index is -0.227. The van der Waals surface area contributed by atoms with Crippen molar-refractivity contribution in [2.75, 3.05) is 11.9 Å². The van der Waals surface area contributed by atoms with E-state index in [0.717, 1.165) is 24.9 Å². The Morgan fingerprint density at radius 3 is 2.53 bits per heavy atom. The Bertz CT molecular complexity index is 491. The maximum absolute atomic E-state index is 12.6. The minimum absolute atomic E-state index is 0.227. The van der Waals surface area contributed by atoms with Crippen molar-refractivity contribution in [3.8, 4) is 0 Å². The lowest BCUT2D eigenvalue weighted by Crippen LogP contribution is -2.37. The van der Waals surface area contributed by atoms with Crippen LogP contribution < -0.4 is 4.90 Å². The summed E-state index contributed by atoms with van der Waals surface area (Å²) in [5.74, 6) is 0.296. The second-order valence-corrected chi connectivity index (χ2v) is 6.30. The summed E-state index contributed by atoms with van der Waals surface area (Å²) in [6, 6.07) is 8.27. The van der Waals surface area contributed by atoms with Crippen molar-refractivity contribution in [1.29, 1.82) is 0 Å². The number of fused-ring (bicyclic) bond motifs is 2. The molecule has 1 aliphatic carbocycles. The van der Waals surface area contributed by atoms with Gasteiger partial charge in [-0.15, -0.1) is 0 Å². The van der Waals surface area contributed by atoms with E-state index < -0.39 is 0 Å². The highest BCUT2D eigenvalue weighted by Crippen LogP contribution is 2.56. The zero-order chi connectivity index (χ0) is 12.3. The van der Waals surface area contributed by atoms with Crippen LogP contribution in [0.25, 0.3) is 0 Å². The number of para-hydroxylation sites is 1. The third kappa shape index (κ3) is 1.30. The molecule has 0 radical (unpaired) electrons. The number of carbonyl (C=O) groups is 1. The topological polar surface area (TPSA) is 20.3 Å². The van der Waals surface area contributed by atoms with E-state index in [2.05, 4.69) is 32.0 Å². The Balaban J connectivity index is 2.16. The van der Waals surface area contributed by atoms with Crippen molar-refractivity contribution >= 4 is 11.6 Å². The van der Waals surface area contributed by atoms with E-state index in [9.17, 15) is 4.79 Å². The highest BCUT2D eigenvalue weighted by atomic mass is 16.2. The van der Waals surface area contributed by atoms with Gasteiger partial charge in [0.05, 0.1) is 5.41 Å². The highest BCUT2D eigenvalue weighted by molar-refractivity contribution is 6.08. The van der Waals surface area contributed by atoms with E-state index in [1.165, 1.54) is 5.56 Å². The lowest BCUT2D eigenvalue weighted by Gasteiger charge is -2.25. The first-order valence-corrected chi connectivity index (χ1v) is 6.34. The molecule has 0 unspecified atom stereocenters. The molecule has 17 heavy (non-hydrogen) atoms. The molecule has 1 atom stereocenters. The molecular formula is C15H19NO. The average molecular weight is 229 g/mol. The standard InChI is InChI=1S/C15H19NO/c1-14(2)8-9-15(10-14)11-6-4-5-7-12(11)16(3)13(15)17/h4-7H,8-10H2,1-3H3/t15-/m1/s1. The molecule has 0 bridgehead atoms. The Morgan fingerprint density at radius 1 is 1.18 bits per heavy atom. The lowest BCUT2D eigenvalue weighted by molar-refractivity contribution is -0.123. The molecule has 0 N–H and O–H groups in total. The van der Waals surface area contributed by atoms with Crippen LogP contribution in [0.2, 0.25) is 0 Å². The number of anilines is 1. The van der Waals surface area contributed by atoms with Crippen molar-refractivity contribution in [2.45, 2.75) is 38.5 Å². The fourth-order valence-corrected chi connectivity index (χ4v) is 3.67. The SMILES string of the molecule is CN1C(=O)[C@@]2(CCC(C)(C)C2)c2ccccc21. The molecule has 0 aromatic heterocycles. The molecule has 1 heterocycles. The van der Waals surface area contributed by atoms with Crippen molar-refractivity contribution in [3.63, 3.8) is 0 Å². The molecule has 1 aromatic carbocycles. The Kier molecular flexibility index (Phi) is 1.99. The van der Waals surface area contributed by atoms with Gasteiger partial charge in [0.15, 0.2) is 0 Å². The van der Waals surface area contributed by atoms with Crippen LogP contribution in [0.5, 0.6) is 0 Å². The summed E-state index contributed by atoms with van der Waals surface area (Å²) in [7, 11) is 1.90. The van der Waals surface area contributed by atoms with Crippen molar-refractivity contribution in [2.24, 2.45) is 5.41 Å². The van der Waals surface area contributed by atoms with E-state index in [-0.39, 0.29) is 10.8 Å². The number of carbonyl (C=O) groups excluding carboxylic acids is 1. The number of benzene rings is 1. The monoisotopic (exact) mass is 229 g/mol. The molecule has 1 aliphatic heterocycles. The van der Waals surface area contributed by atoms with Crippen LogP contribution in [0.3, 0.4) is 0 Å². The molecule has 1 fully saturated rings. The second-order valence-electron chi connectivity index (χ2n) is 6.30. The van der Waals surface area contributed by atoms with Gasteiger partial charge in [-0.05, 0) is 36.3 Å². The lowest BCUT2D eigenvalue weighted by atomic mass is 9.77. The molecule has 90 valence electrons. The number of amides is 1. The van der Waals surface area contributed by atoms with E-state index in [1.807, 2.05) is 18.0 Å². The Morgan fingerprint density at radius 2 is 1.88 bits per heavy atom. The molecule has 1 amide bonds. The normalized spacial score (nSPS) is 30.1. The summed E-state index contributed by atoms with van der Waals surface area (Å²) in [5, 5.41) is 0. The summed E-state index contributed by atoms with van der Waals surface area (Å²) >= 11 is 0. The number of rotatable bonds is 0. The van der Waals surface area contributed by atoms with Crippen LogP contribution >= 0.6 is 0 Å². The van der Waals surface area contributed by atoms with Crippen molar-refractivity contribution in [1.82, 2.24) is 0 Å². The first-order chi connectivity index (χ1) is 7.96. The molecule has 2 aliphatic rings. The molecule has 1 spiro atoms. The van der Waals surface area contributed by atoms with Crippen LogP contribution in [0.4, 0.5) is 5.69 Å². The van der Waals surface area contributed by atoms with Gasteiger partial charge in [-0.1, -0.05) is 32.0 Å². The van der Waals surface area contributed by atoms with Crippen LogP contribution in [-0.4, -0.2) is 13.0 Å². The average Bonchev–Trinajstić information content (AvgIpc) is 2.73. The quantitative estimate of drug-likeness (QED) is 0.669. The highest BCUT2D eigenvalue weighted by Gasteiger charge is 2.55. The van der Waals surface area contributed by atoms with E-state index in [1.54, 1.807) is 0 Å². The van der Waals surface area contributed by atoms with Gasteiger partial charge >= 0.3 is 0 Å². The number of hydrogen-bond acceptors (Lipinski definition) is 1. The molecular weight excluding hydrogens is 210 g/mol. The first-order valence-electron chi connectivity index (χ1n) is 6.34. The van der Waals surface area contributed by atoms with Gasteiger partial charge in [0.2, 0.25) is 5.91 Å². The summed E-state index contributed by atoms with van der Waals surface area (Å²) in [5.41, 5.74) is 2.41. The molecule has 1 aromatic rings. The number of nitrogens with zero attached hydrogens (tertiary/aromatic N) is 1. The van der Waals surface area contributed by atoms with E-state index in [0.29, 0.717) is 5.91 Å².